The lowest BCUT2D eigenvalue weighted by Crippen LogP contribution is -2.03. The van der Waals surface area contributed by atoms with Crippen LogP contribution in [0.25, 0.3) is 10.9 Å². The maximum Gasteiger partial charge on any atom is 0.416 e. The number of hydrogen-bond donors (Lipinski definition) is 0. The van der Waals surface area contributed by atoms with Crippen LogP contribution in [0.4, 0.5) is 13.2 Å². The molecule has 1 heterocycles. The number of alkyl halides is 3. The molecule has 6 heteroatoms. The van der Waals surface area contributed by atoms with Crippen molar-refractivity contribution in [2.45, 2.75) is 16.0 Å². The Balaban J connectivity index is 1.83. The molecule has 0 saturated carbocycles. The van der Waals surface area contributed by atoms with Gasteiger partial charge in [-0.25, -0.2) is 0 Å². The van der Waals surface area contributed by atoms with Crippen molar-refractivity contribution in [3.8, 4) is 0 Å². The minimum absolute atomic E-state index is 0.645. The summed E-state index contributed by atoms with van der Waals surface area (Å²) in [4.78, 5) is 1.63. The third kappa shape index (κ3) is 2.65. The van der Waals surface area contributed by atoms with Gasteiger partial charge in [0.15, 0.2) is 0 Å². The second-order valence-electron chi connectivity index (χ2n) is 4.16. The smallest absolute Gasteiger partial charge is 0.364 e. The fourth-order valence-corrected chi connectivity index (χ4v) is 2.60. The van der Waals surface area contributed by atoms with Crippen LogP contribution in [-0.2, 0) is 6.18 Å². The second kappa shape index (κ2) is 4.86. The van der Waals surface area contributed by atoms with E-state index in [1.807, 2.05) is 18.2 Å². The van der Waals surface area contributed by atoms with Gasteiger partial charge in [-0.3, -0.25) is 0 Å². The Hall–Kier alpha value is -1.95. The number of aromatic nitrogens is 1. The van der Waals surface area contributed by atoms with E-state index < -0.39 is 11.7 Å². The summed E-state index contributed by atoms with van der Waals surface area (Å²) in [6.07, 6.45) is -2.76. The Morgan fingerprint density at radius 1 is 0.950 bits per heavy atom. The summed E-state index contributed by atoms with van der Waals surface area (Å²) in [6.45, 7) is 0. The summed E-state index contributed by atoms with van der Waals surface area (Å²) in [6, 6.07) is 10.6. The highest BCUT2D eigenvalue weighted by Gasteiger charge is 2.29. The molecule has 0 aliphatic heterocycles. The first-order valence-electron chi connectivity index (χ1n) is 5.72. The van der Waals surface area contributed by atoms with Crippen molar-refractivity contribution >= 4 is 22.7 Å². The van der Waals surface area contributed by atoms with Crippen molar-refractivity contribution in [1.82, 2.24) is 5.16 Å². The third-order valence-corrected chi connectivity index (χ3v) is 3.75. The van der Waals surface area contributed by atoms with Crippen LogP contribution in [0.15, 0.2) is 63.0 Å². The Morgan fingerprint density at radius 2 is 1.65 bits per heavy atom. The normalized spacial score (nSPS) is 11.9. The lowest BCUT2D eigenvalue weighted by Gasteiger charge is -2.07. The summed E-state index contributed by atoms with van der Waals surface area (Å²) in [5.41, 5.74) is 0.0794. The van der Waals surface area contributed by atoms with Crippen LogP contribution in [0.2, 0.25) is 0 Å². The van der Waals surface area contributed by atoms with E-state index in [9.17, 15) is 13.2 Å². The molecule has 0 N–H and O–H groups in total. The zero-order valence-corrected chi connectivity index (χ0v) is 10.8. The number of halogens is 3. The van der Waals surface area contributed by atoms with E-state index in [-0.39, 0.29) is 0 Å². The van der Waals surface area contributed by atoms with Crippen LogP contribution < -0.4 is 0 Å². The van der Waals surface area contributed by atoms with Crippen LogP contribution in [-0.4, -0.2) is 5.16 Å². The molecule has 0 radical (unpaired) electrons. The van der Waals surface area contributed by atoms with Crippen molar-refractivity contribution in [3.63, 3.8) is 0 Å². The van der Waals surface area contributed by atoms with Gasteiger partial charge < -0.3 is 4.52 Å². The molecule has 0 bridgehead atoms. The van der Waals surface area contributed by atoms with Gasteiger partial charge in [-0.2, -0.15) is 13.2 Å². The molecule has 0 amide bonds. The molecule has 3 rings (SSSR count). The van der Waals surface area contributed by atoms with Gasteiger partial charge in [0.2, 0.25) is 0 Å². The zero-order chi connectivity index (χ0) is 14.2. The maximum absolute atomic E-state index is 12.5. The third-order valence-electron chi connectivity index (χ3n) is 2.75. The Labute approximate surface area is 116 Å². The summed E-state index contributed by atoms with van der Waals surface area (Å²) in [5, 5.41) is 4.72. The van der Waals surface area contributed by atoms with Gasteiger partial charge in [-0.1, -0.05) is 16.9 Å². The molecular formula is C14H8F3NOS. The molecule has 0 unspecified atom stereocenters. The van der Waals surface area contributed by atoms with Crippen LogP contribution in [0, 0.1) is 0 Å². The number of rotatable bonds is 2. The van der Waals surface area contributed by atoms with Crippen molar-refractivity contribution < 1.29 is 17.7 Å². The molecule has 0 atom stereocenters. The van der Waals surface area contributed by atoms with Gasteiger partial charge in [0.1, 0.15) is 11.8 Å². The Bertz CT molecular complexity index is 734. The lowest BCUT2D eigenvalue weighted by molar-refractivity contribution is -0.137. The fraction of sp³-hybridized carbons (Fsp3) is 0.0714. The summed E-state index contributed by atoms with van der Waals surface area (Å²) >= 11 is 1.38. The van der Waals surface area contributed by atoms with Crippen molar-refractivity contribution in [2.24, 2.45) is 0 Å². The SMILES string of the molecule is FC(F)(F)c1ccc(Sc2ccc3conc3c2)cc1. The predicted octanol–water partition coefficient (Wildman–Crippen LogP) is 5.00. The van der Waals surface area contributed by atoms with E-state index >= 15 is 0 Å². The summed E-state index contributed by atoms with van der Waals surface area (Å²) < 4.78 is 42.2. The molecule has 0 spiro atoms. The number of benzene rings is 2. The van der Waals surface area contributed by atoms with E-state index in [1.54, 1.807) is 6.26 Å². The van der Waals surface area contributed by atoms with Crippen LogP contribution >= 0.6 is 11.8 Å². The van der Waals surface area contributed by atoms with E-state index in [2.05, 4.69) is 5.16 Å². The molecule has 102 valence electrons. The van der Waals surface area contributed by atoms with E-state index in [0.717, 1.165) is 32.8 Å². The van der Waals surface area contributed by atoms with Gasteiger partial charge in [-0.05, 0) is 42.5 Å². The standard InChI is InChI=1S/C14H8F3NOS/c15-14(16,17)10-2-5-11(6-3-10)20-12-4-1-9-8-19-18-13(9)7-12/h1-8H. The highest BCUT2D eigenvalue weighted by molar-refractivity contribution is 7.99. The first kappa shape index (κ1) is 13.1. The van der Waals surface area contributed by atoms with E-state index in [4.69, 9.17) is 4.52 Å². The Morgan fingerprint density at radius 3 is 2.35 bits per heavy atom. The topological polar surface area (TPSA) is 26.0 Å². The molecule has 20 heavy (non-hydrogen) atoms. The highest BCUT2D eigenvalue weighted by atomic mass is 32.2. The molecular weight excluding hydrogens is 287 g/mol. The van der Waals surface area contributed by atoms with Crippen molar-refractivity contribution in [1.29, 1.82) is 0 Å². The molecule has 2 aromatic carbocycles. The molecule has 0 aliphatic rings. The largest absolute Gasteiger partial charge is 0.416 e. The van der Waals surface area contributed by atoms with Crippen LogP contribution in [0.1, 0.15) is 5.56 Å². The minimum Gasteiger partial charge on any atom is -0.364 e. The maximum atomic E-state index is 12.5. The lowest BCUT2D eigenvalue weighted by atomic mass is 10.2. The predicted molar refractivity (Wildman–Crippen MR) is 69.6 cm³/mol. The molecule has 1 aromatic heterocycles. The number of hydrogen-bond acceptors (Lipinski definition) is 3. The van der Waals surface area contributed by atoms with Crippen molar-refractivity contribution in [3.05, 3.63) is 54.3 Å². The quantitative estimate of drug-likeness (QED) is 0.665. The van der Waals surface area contributed by atoms with E-state index in [1.165, 1.54) is 23.9 Å². The van der Waals surface area contributed by atoms with Crippen LogP contribution in [0.5, 0.6) is 0 Å². The average molecular weight is 295 g/mol. The van der Waals surface area contributed by atoms with Gasteiger partial charge in [-0.15, -0.1) is 0 Å². The van der Waals surface area contributed by atoms with Crippen molar-refractivity contribution in [2.75, 3.05) is 0 Å². The molecule has 2 nitrogen and oxygen atoms in total. The molecule has 0 aliphatic carbocycles. The summed E-state index contributed by atoms with van der Waals surface area (Å²) in [7, 11) is 0. The average Bonchev–Trinajstić information content (AvgIpc) is 2.86. The van der Waals surface area contributed by atoms with Crippen LogP contribution in [0.3, 0.4) is 0 Å². The van der Waals surface area contributed by atoms with E-state index in [0.29, 0.717) is 0 Å². The first-order chi connectivity index (χ1) is 9.52. The highest BCUT2D eigenvalue weighted by Crippen LogP contribution is 2.33. The number of fused-ring (bicyclic) bond motifs is 1. The van der Waals surface area contributed by atoms with Gasteiger partial charge >= 0.3 is 6.18 Å². The van der Waals surface area contributed by atoms with Gasteiger partial charge in [0.25, 0.3) is 0 Å². The second-order valence-corrected chi connectivity index (χ2v) is 5.31. The minimum atomic E-state index is -4.30. The summed E-state index contributed by atoms with van der Waals surface area (Å²) in [5.74, 6) is 0. The molecule has 3 aromatic rings. The number of nitrogens with zero attached hydrogens (tertiary/aromatic N) is 1. The Kier molecular flexibility index (Phi) is 3.17. The monoisotopic (exact) mass is 295 g/mol. The van der Waals surface area contributed by atoms with Gasteiger partial charge in [0, 0.05) is 15.2 Å². The van der Waals surface area contributed by atoms with Gasteiger partial charge in [0.05, 0.1) is 5.56 Å². The zero-order valence-electron chi connectivity index (χ0n) is 10.0. The molecule has 0 fully saturated rings. The molecule has 0 saturated heterocycles. The first-order valence-corrected chi connectivity index (χ1v) is 6.53. The fourth-order valence-electron chi connectivity index (χ4n) is 1.75.